The Morgan fingerprint density at radius 2 is 1.11 bits per heavy atom. The Morgan fingerprint density at radius 3 is 1.57 bits per heavy atom. The number of hydrogen-bond acceptors (Lipinski definition) is 6. The highest BCUT2D eigenvalue weighted by atomic mass is 32.1. The van der Waals surface area contributed by atoms with Gasteiger partial charge in [0.2, 0.25) is 13.6 Å². The van der Waals surface area contributed by atoms with Crippen molar-refractivity contribution in [2.45, 2.75) is 12.3 Å². The topological polar surface area (TPSA) is 67.5 Å². The van der Waals surface area contributed by atoms with Crippen molar-refractivity contribution in [3.63, 3.8) is 0 Å². The Bertz CT molecular complexity index is 951. The maximum Gasteiger partial charge on any atom is 0.231 e. The summed E-state index contributed by atoms with van der Waals surface area (Å²) in [6, 6.07) is 11.6. The van der Waals surface area contributed by atoms with Crippen LogP contribution in [0.3, 0.4) is 0 Å². The van der Waals surface area contributed by atoms with Crippen molar-refractivity contribution >= 4 is 34.7 Å². The molecule has 142 valence electrons. The van der Waals surface area contributed by atoms with Crippen molar-refractivity contribution in [2.24, 2.45) is 0 Å². The Morgan fingerprint density at radius 1 is 0.679 bits per heavy atom. The molecule has 6 rings (SSSR count). The molecule has 0 radical (unpaired) electrons. The minimum atomic E-state index is -0.235. The van der Waals surface area contributed by atoms with E-state index in [0.717, 1.165) is 22.6 Å². The molecule has 28 heavy (non-hydrogen) atoms. The number of thiocarbonyl (C=S) groups is 2. The number of rotatable bonds is 2. The van der Waals surface area contributed by atoms with Gasteiger partial charge in [-0.25, -0.2) is 10.0 Å². The molecule has 2 aromatic rings. The minimum absolute atomic E-state index is 0.233. The lowest BCUT2D eigenvalue weighted by molar-refractivity contribution is 0.114. The van der Waals surface area contributed by atoms with E-state index in [9.17, 15) is 0 Å². The highest BCUT2D eigenvalue weighted by Crippen LogP contribution is 2.42. The van der Waals surface area contributed by atoms with E-state index in [-0.39, 0.29) is 25.9 Å². The normalized spacial score (nSPS) is 23.7. The van der Waals surface area contributed by atoms with Gasteiger partial charge in [-0.3, -0.25) is 0 Å². The lowest BCUT2D eigenvalue weighted by atomic mass is 10.1. The van der Waals surface area contributed by atoms with Gasteiger partial charge in [0, 0.05) is 11.1 Å². The maximum atomic E-state index is 5.62. The molecule has 2 N–H and O–H groups in total. The van der Waals surface area contributed by atoms with Gasteiger partial charge in [0.1, 0.15) is 12.3 Å². The van der Waals surface area contributed by atoms with Crippen LogP contribution >= 0.6 is 24.4 Å². The van der Waals surface area contributed by atoms with Crippen molar-refractivity contribution in [1.29, 1.82) is 0 Å². The van der Waals surface area contributed by atoms with Crippen LogP contribution in [-0.2, 0) is 0 Å². The summed E-state index contributed by atoms with van der Waals surface area (Å²) in [6.45, 7) is 0.467. The average molecular weight is 414 g/mol. The number of benzene rings is 2. The number of ether oxygens (including phenoxy) is 4. The molecule has 4 aliphatic heterocycles. The van der Waals surface area contributed by atoms with Gasteiger partial charge in [0.25, 0.3) is 0 Å². The fraction of sp³-hybridized carbons (Fsp3) is 0.222. The number of nitrogens with zero attached hydrogens (tertiary/aromatic N) is 2. The van der Waals surface area contributed by atoms with Gasteiger partial charge in [-0.05, 0) is 48.7 Å². The van der Waals surface area contributed by atoms with E-state index in [1.165, 1.54) is 0 Å². The number of fused-ring (bicyclic) bond motifs is 3. The molecule has 0 amide bonds. The summed E-state index contributed by atoms with van der Waals surface area (Å²) in [5.41, 5.74) is 1.95. The highest BCUT2D eigenvalue weighted by Gasteiger charge is 2.47. The smallest absolute Gasteiger partial charge is 0.231 e. The molecule has 8 nitrogen and oxygen atoms in total. The number of hydrazine groups is 1. The lowest BCUT2D eigenvalue weighted by Crippen LogP contribution is -2.36. The van der Waals surface area contributed by atoms with Crippen molar-refractivity contribution < 1.29 is 18.9 Å². The van der Waals surface area contributed by atoms with Gasteiger partial charge in [-0.1, -0.05) is 12.1 Å². The Kier molecular flexibility index (Phi) is 3.29. The molecule has 0 unspecified atom stereocenters. The first kappa shape index (κ1) is 16.0. The SMILES string of the molecule is S=C1N[C@@H](c2ccc3c(c2)OCO3)N2C(=S)N[C@@H](c3ccc4c(c3)OCO4)N12. The van der Waals surface area contributed by atoms with E-state index in [2.05, 4.69) is 10.6 Å². The van der Waals surface area contributed by atoms with E-state index in [4.69, 9.17) is 43.4 Å². The van der Waals surface area contributed by atoms with Crippen LogP contribution in [0.25, 0.3) is 0 Å². The first-order chi connectivity index (χ1) is 13.7. The third kappa shape index (κ3) is 2.21. The fourth-order valence-corrected chi connectivity index (χ4v) is 4.39. The lowest BCUT2D eigenvalue weighted by Gasteiger charge is -2.26. The second-order valence-corrected chi connectivity index (χ2v) is 7.39. The quantitative estimate of drug-likeness (QED) is 0.715. The molecule has 0 spiro atoms. The molecule has 2 aromatic carbocycles. The summed E-state index contributed by atoms with van der Waals surface area (Å²) < 4.78 is 21.8. The Labute approximate surface area is 170 Å². The van der Waals surface area contributed by atoms with E-state index < -0.39 is 0 Å². The van der Waals surface area contributed by atoms with Crippen LogP contribution in [0.5, 0.6) is 23.0 Å². The molecular weight excluding hydrogens is 400 g/mol. The second kappa shape index (κ2) is 5.76. The van der Waals surface area contributed by atoms with Gasteiger partial charge in [0.15, 0.2) is 33.2 Å². The van der Waals surface area contributed by atoms with Crippen molar-refractivity contribution in [3.8, 4) is 23.0 Å². The zero-order valence-corrected chi connectivity index (χ0v) is 16.0. The van der Waals surface area contributed by atoms with Gasteiger partial charge in [-0.2, -0.15) is 0 Å². The van der Waals surface area contributed by atoms with Crippen LogP contribution in [-0.4, -0.2) is 33.8 Å². The number of nitrogens with one attached hydrogen (secondary N) is 2. The second-order valence-electron chi connectivity index (χ2n) is 6.62. The summed E-state index contributed by atoms with van der Waals surface area (Å²) in [7, 11) is 0. The molecular formula is C18H14N4O4S2. The summed E-state index contributed by atoms with van der Waals surface area (Å²) in [6.07, 6.45) is -0.470. The van der Waals surface area contributed by atoms with Crippen LogP contribution in [0.2, 0.25) is 0 Å². The molecule has 0 saturated carbocycles. The monoisotopic (exact) mass is 414 g/mol. The van der Waals surface area contributed by atoms with Crippen LogP contribution in [0.15, 0.2) is 36.4 Å². The van der Waals surface area contributed by atoms with E-state index in [0.29, 0.717) is 21.7 Å². The van der Waals surface area contributed by atoms with E-state index in [1.54, 1.807) is 0 Å². The van der Waals surface area contributed by atoms with Crippen LogP contribution in [0.4, 0.5) is 0 Å². The zero-order valence-electron chi connectivity index (χ0n) is 14.4. The summed E-state index contributed by atoms with van der Waals surface area (Å²) in [5.74, 6) is 2.91. The van der Waals surface area contributed by atoms with Gasteiger partial charge in [-0.15, -0.1) is 0 Å². The Balaban J connectivity index is 1.35. The van der Waals surface area contributed by atoms with E-state index >= 15 is 0 Å². The number of hydrogen-bond donors (Lipinski definition) is 2. The van der Waals surface area contributed by atoms with Gasteiger partial charge in [0.05, 0.1) is 0 Å². The van der Waals surface area contributed by atoms with E-state index in [1.807, 2.05) is 46.4 Å². The molecule has 10 heteroatoms. The summed E-state index contributed by atoms with van der Waals surface area (Å²) in [5, 5.41) is 11.8. The predicted octanol–water partition coefficient (Wildman–Crippen LogP) is 2.14. The molecule has 0 aliphatic carbocycles. The third-order valence-electron chi connectivity index (χ3n) is 5.08. The first-order valence-electron chi connectivity index (χ1n) is 8.67. The molecule has 4 heterocycles. The zero-order chi connectivity index (χ0) is 18.8. The molecule has 2 atom stereocenters. The fourth-order valence-electron chi connectivity index (χ4n) is 3.78. The molecule has 2 fully saturated rings. The Hall–Kier alpha value is -2.98. The van der Waals surface area contributed by atoms with Crippen LogP contribution in [0, 0.1) is 0 Å². The van der Waals surface area contributed by atoms with Crippen molar-refractivity contribution in [2.75, 3.05) is 13.6 Å². The van der Waals surface area contributed by atoms with Gasteiger partial charge < -0.3 is 29.6 Å². The summed E-state index contributed by atoms with van der Waals surface area (Å²) in [4.78, 5) is 0. The van der Waals surface area contributed by atoms with Gasteiger partial charge >= 0.3 is 0 Å². The highest BCUT2D eigenvalue weighted by molar-refractivity contribution is 7.80. The minimum Gasteiger partial charge on any atom is -0.454 e. The van der Waals surface area contributed by atoms with Crippen LogP contribution < -0.4 is 29.6 Å². The third-order valence-corrected chi connectivity index (χ3v) is 5.69. The molecule has 4 aliphatic rings. The standard InChI is InChI=1S/C18H14N4O4S2/c27-17-19-15(9-1-3-11-13(5-9)25-7-23-11)21-18(28)20-16(22(17)21)10-2-4-12-14(6-10)26-8-24-12/h1-6,15-16H,7-8H2,(H,19,27)(H,20,28)/t15-,16-/m1/s1. The summed E-state index contributed by atoms with van der Waals surface area (Å²) >= 11 is 11.2. The van der Waals surface area contributed by atoms with Crippen molar-refractivity contribution in [3.05, 3.63) is 47.5 Å². The molecule has 0 aromatic heterocycles. The molecule has 2 saturated heterocycles. The van der Waals surface area contributed by atoms with Crippen LogP contribution in [0.1, 0.15) is 23.5 Å². The molecule has 0 bridgehead atoms. The average Bonchev–Trinajstić information content (AvgIpc) is 3.46. The maximum absolute atomic E-state index is 5.62. The van der Waals surface area contributed by atoms with Crippen molar-refractivity contribution in [1.82, 2.24) is 20.7 Å². The first-order valence-corrected chi connectivity index (χ1v) is 9.49. The largest absolute Gasteiger partial charge is 0.454 e. The predicted molar refractivity (Wildman–Crippen MR) is 106 cm³/mol.